The second-order valence-corrected chi connectivity index (χ2v) is 8.05. The van der Waals surface area contributed by atoms with E-state index in [0.29, 0.717) is 44.6 Å². The van der Waals surface area contributed by atoms with Gasteiger partial charge in [-0.1, -0.05) is 6.92 Å². The van der Waals surface area contributed by atoms with E-state index in [9.17, 15) is 8.42 Å². The molecule has 0 spiro atoms. The van der Waals surface area contributed by atoms with Gasteiger partial charge < -0.3 is 10.1 Å². The summed E-state index contributed by atoms with van der Waals surface area (Å²) in [5, 5.41) is 3.35. The summed E-state index contributed by atoms with van der Waals surface area (Å²) in [6, 6.07) is 0. The number of ether oxygens (including phenoxy) is 1. The third kappa shape index (κ3) is 4.39. The van der Waals surface area contributed by atoms with Crippen LogP contribution in [0.4, 0.5) is 0 Å². The SMILES string of the molecule is CCNCC1CCN(S(=O)(=O)N2CCC(COC)C2)CC1. The molecule has 2 fully saturated rings. The van der Waals surface area contributed by atoms with Crippen molar-refractivity contribution in [1.29, 1.82) is 0 Å². The van der Waals surface area contributed by atoms with Gasteiger partial charge in [0, 0.05) is 33.3 Å². The van der Waals surface area contributed by atoms with E-state index in [0.717, 1.165) is 32.4 Å². The summed E-state index contributed by atoms with van der Waals surface area (Å²) in [6.07, 6.45) is 2.83. The van der Waals surface area contributed by atoms with Crippen LogP contribution in [0, 0.1) is 11.8 Å². The monoisotopic (exact) mass is 319 g/mol. The molecule has 0 aliphatic carbocycles. The lowest BCUT2D eigenvalue weighted by Crippen LogP contribution is -2.47. The van der Waals surface area contributed by atoms with Crippen molar-refractivity contribution in [3.05, 3.63) is 0 Å². The number of hydrogen-bond donors (Lipinski definition) is 1. The summed E-state index contributed by atoms with van der Waals surface area (Å²) in [5.41, 5.74) is 0. The minimum atomic E-state index is -3.27. The van der Waals surface area contributed by atoms with E-state index in [2.05, 4.69) is 12.2 Å². The molecule has 0 amide bonds. The third-order valence-electron chi connectivity index (χ3n) is 4.56. The average molecular weight is 319 g/mol. The number of nitrogens with zero attached hydrogens (tertiary/aromatic N) is 2. The quantitative estimate of drug-likeness (QED) is 0.743. The Hall–Kier alpha value is -0.210. The highest BCUT2D eigenvalue weighted by atomic mass is 32.2. The van der Waals surface area contributed by atoms with E-state index in [1.54, 1.807) is 15.7 Å². The van der Waals surface area contributed by atoms with Gasteiger partial charge in [-0.05, 0) is 44.2 Å². The summed E-state index contributed by atoms with van der Waals surface area (Å²) < 4.78 is 33.8. The zero-order valence-electron chi connectivity index (χ0n) is 13.3. The summed E-state index contributed by atoms with van der Waals surface area (Å²) in [6.45, 7) is 7.28. The first-order valence-corrected chi connectivity index (χ1v) is 9.42. The lowest BCUT2D eigenvalue weighted by atomic mass is 9.98. The van der Waals surface area contributed by atoms with Crippen LogP contribution in [-0.2, 0) is 14.9 Å². The maximum atomic E-state index is 12.7. The van der Waals surface area contributed by atoms with E-state index in [1.807, 2.05) is 0 Å². The normalized spacial score (nSPS) is 26.5. The Morgan fingerprint density at radius 3 is 2.33 bits per heavy atom. The Labute approximate surface area is 129 Å². The fraction of sp³-hybridized carbons (Fsp3) is 1.00. The lowest BCUT2D eigenvalue weighted by Gasteiger charge is -2.33. The minimum absolute atomic E-state index is 0.344. The molecule has 0 saturated carbocycles. The van der Waals surface area contributed by atoms with Crippen LogP contribution >= 0.6 is 0 Å². The molecular weight excluding hydrogens is 290 g/mol. The van der Waals surface area contributed by atoms with Gasteiger partial charge in [-0.15, -0.1) is 0 Å². The molecule has 0 aromatic carbocycles. The van der Waals surface area contributed by atoms with E-state index < -0.39 is 10.2 Å². The molecule has 2 aliphatic heterocycles. The second kappa shape index (κ2) is 7.87. The van der Waals surface area contributed by atoms with E-state index in [-0.39, 0.29) is 0 Å². The Morgan fingerprint density at radius 2 is 1.71 bits per heavy atom. The Balaban J connectivity index is 1.84. The highest BCUT2D eigenvalue weighted by molar-refractivity contribution is 7.86. The molecule has 21 heavy (non-hydrogen) atoms. The smallest absolute Gasteiger partial charge is 0.281 e. The van der Waals surface area contributed by atoms with Crippen LogP contribution in [0.15, 0.2) is 0 Å². The molecule has 6 nitrogen and oxygen atoms in total. The fourth-order valence-corrected chi connectivity index (χ4v) is 4.97. The molecule has 1 atom stereocenters. The standard InChI is InChI=1S/C14H29N3O3S/c1-3-15-10-13-4-7-16(8-5-13)21(18,19)17-9-6-14(11-17)12-20-2/h13-15H,3-12H2,1-2H3. The van der Waals surface area contributed by atoms with Crippen LogP contribution in [0.25, 0.3) is 0 Å². The van der Waals surface area contributed by atoms with Gasteiger partial charge in [0.15, 0.2) is 0 Å². The summed E-state index contributed by atoms with van der Waals surface area (Å²) in [5.74, 6) is 0.951. The molecule has 2 heterocycles. The molecule has 1 unspecified atom stereocenters. The van der Waals surface area contributed by atoms with Gasteiger partial charge in [0.25, 0.3) is 10.2 Å². The molecule has 7 heteroatoms. The Morgan fingerprint density at radius 1 is 1.10 bits per heavy atom. The zero-order valence-corrected chi connectivity index (χ0v) is 14.1. The first-order chi connectivity index (χ1) is 10.1. The van der Waals surface area contributed by atoms with Gasteiger partial charge in [0.2, 0.25) is 0 Å². The van der Waals surface area contributed by atoms with Crippen molar-refractivity contribution in [3.63, 3.8) is 0 Å². The van der Waals surface area contributed by atoms with Crippen molar-refractivity contribution >= 4 is 10.2 Å². The van der Waals surface area contributed by atoms with Gasteiger partial charge in [0.1, 0.15) is 0 Å². The molecule has 0 radical (unpaired) electrons. The van der Waals surface area contributed by atoms with Crippen molar-refractivity contribution in [2.75, 3.05) is 53.0 Å². The van der Waals surface area contributed by atoms with Gasteiger partial charge in [-0.3, -0.25) is 0 Å². The molecule has 0 aromatic heterocycles. The predicted molar refractivity (Wildman–Crippen MR) is 83.3 cm³/mol. The lowest BCUT2D eigenvalue weighted by molar-refractivity contribution is 0.157. The fourth-order valence-electron chi connectivity index (χ4n) is 3.23. The summed E-state index contributed by atoms with van der Waals surface area (Å²) >= 11 is 0. The number of nitrogens with one attached hydrogen (secondary N) is 1. The van der Waals surface area contributed by atoms with E-state index in [1.165, 1.54) is 0 Å². The van der Waals surface area contributed by atoms with Crippen molar-refractivity contribution in [1.82, 2.24) is 13.9 Å². The molecule has 0 aromatic rings. The first-order valence-electron chi connectivity index (χ1n) is 8.02. The topological polar surface area (TPSA) is 61.9 Å². The number of piperidine rings is 1. The number of hydrogen-bond acceptors (Lipinski definition) is 4. The second-order valence-electron chi connectivity index (χ2n) is 6.13. The molecule has 124 valence electrons. The van der Waals surface area contributed by atoms with Crippen LogP contribution in [0.1, 0.15) is 26.2 Å². The van der Waals surface area contributed by atoms with Crippen molar-refractivity contribution in [2.24, 2.45) is 11.8 Å². The number of methoxy groups -OCH3 is 1. The highest BCUT2D eigenvalue weighted by Gasteiger charge is 2.37. The van der Waals surface area contributed by atoms with Crippen LogP contribution in [0.2, 0.25) is 0 Å². The minimum Gasteiger partial charge on any atom is -0.384 e. The van der Waals surface area contributed by atoms with Crippen molar-refractivity contribution < 1.29 is 13.2 Å². The van der Waals surface area contributed by atoms with E-state index >= 15 is 0 Å². The van der Waals surface area contributed by atoms with Gasteiger partial charge in [-0.2, -0.15) is 17.0 Å². The summed E-state index contributed by atoms with van der Waals surface area (Å²) in [7, 11) is -1.59. The van der Waals surface area contributed by atoms with Gasteiger partial charge in [-0.25, -0.2) is 0 Å². The predicted octanol–water partition coefficient (Wildman–Crippen LogP) is 0.521. The van der Waals surface area contributed by atoms with Crippen molar-refractivity contribution in [3.8, 4) is 0 Å². The molecule has 1 N–H and O–H groups in total. The van der Waals surface area contributed by atoms with Crippen LogP contribution in [-0.4, -0.2) is 70.0 Å². The number of rotatable bonds is 7. The molecule has 2 aliphatic rings. The highest BCUT2D eigenvalue weighted by Crippen LogP contribution is 2.25. The first kappa shape index (κ1) is 17.1. The van der Waals surface area contributed by atoms with Crippen LogP contribution in [0.3, 0.4) is 0 Å². The van der Waals surface area contributed by atoms with Crippen LogP contribution < -0.4 is 5.32 Å². The maximum Gasteiger partial charge on any atom is 0.281 e. The Kier molecular flexibility index (Phi) is 6.43. The maximum absolute atomic E-state index is 12.7. The van der Waals surface area contributed by atoms with Gasteiger partial charge >= 0.3 is 0 Å². The van der Waals surface area contributed by atoms with Crippen LogP contribution in [0.5, 0.6) is 0 Å². The average Bonchev–Trinajstić information content (AvgIpc) is 2.95. The van der Waals surface area contributed by atoms with Gasteiger partial charge in [0.05, 0.1) is 6.61 Å². The molecule has 2 saturated heterocycles. The van der Waals surface area contributed by atoms with Crippen molar-refractivity contribution in [2.45, 2.75) is 26.2 Å². The summed E-state index contributed by atoms with van der Waals surface area (Å²) in [4.78, 5) is 0. The molecule has 0 bridgehead atoms. The molecular formula is C14H29N3O3S. The zero-order chi connectivity index (χ0) is 15.3. The molecule has 2 rings (SSSR count). The Bertz CT molecular complexity index is 408. The largest absolute Gasteiger partial charge is 0.384 e. The third-order valence-corrected chi connectivity index (χ3v) is 6.56. The van der Waals surface area contributed by atoms with E-state index in [4.69, 9.17) is 4.74 Å².